The molecule has 2 atom stereocenters. The SMILES string of the molecule is CC(C)(C)OC(=O)C[C@@H]1[C@H](c2ccccc2)CCN1S(=O)(=O)O. The second-order valence-electron chi connectivity index (χ2n) is 6.75. The zero-order valence-corrected chi connectivity index (χ0v) is 14.4. The quantitative estimate of drug-likeness (QED) is 0.671. The molecule has 0 unspecified atom stereocenters. The van der Waals surface area contributed by atoms with E-state index in [1.54, 1.807) is 20.8 Å². The molecule has 128 valence electrons. The van der Waals surface area contributed by atoms with Gasteiger partial charge in [0.15, 0.2) is 0 Å². The summed E-state index contributed by atoms with van der Waals surface area (Å²) in [6.07, 6.45) is 0.466. The van der Waals surface area contributed by atoms with Crippen molar-refractivity contribution in [1.82, 2.24) is 4.31 Å². The first kappa shape index (κ1) is 17.9. The smallest absolute Gasteiger partial charge is 0.336 e. The van der Waals surface area contributed by atoms with Gasteiger partial charge in [-0.3, -0.25) is 9.35 Å². The summed E-state index contributed by atoms with van der Waals surface area (Å²) in [6.45, 7) is 5.46. The van der Waals surface area contributed by atoms with Crippen molar-refractivity contribution < 1.29 is 22.5 Å². The summed E-state index contributed by atoms with van der Waals surface area (Å²) >= 11 is 0. The molecule has 1 heterocycles. The third-order valence-corrected chi connectivity index (χ3v) is 4.86. The van der Waals surface area contributed by atoms with Gasteiger partial charge in [-0.05, 0) is 32.8 Å². The van der Waals surface area contributed by atoms with Crippen molar-refractivity contribution in [2.45, 2.75) is 51.2 Å². The van der Waals surface area contributed by atoms with E-state index < -0.39 is 27.9 Å². The van der Waals surface area contributed by atoms with Crippen LogP contribution in [0.2, 0.25) is 0 Å². The molecule has 23 heavy (non-hydrogen) atoms. The lowest BCUT2D eigenvalue weighted by Crippen LogP contribution is -2.39. The minimum absolute atomic E-state index is 0.0867. The van der Waals surface area contributed by atoms with Crippen LogP contribution in [0.5, 0.6) is 0 Å². The molecule has 0 aromatic heterocycles. The number of rotatable bonds is 4. The maximum absolute atomic E-state index is 12.1. The van der Waals surface area contributed by atoms with Crippen LogP contribution in [-0.4, -0.2) is 41.4 Å². The predicted molar refractivity (Wildman–Crippen MR) is 86.3 cm³/mol. The van der Waals surface area contributed by atoms with E-state index in [4.69, 9.17) is 4.74 Å². The number of ether oxygens (including phenoxy) is 1. The molecule has 6 nitrogen and oxygen atoms in total. The van der Waals surface area contributed by atoms with Gasteiger partial charge in [0.25, 0.3) is 0 Å². The van der Waals surface area contributed by atoms with Gasteiger partial charge in [-0.2, -0.15) is 12.7 Å². The van der Waals surface area contributed by atoms with E-state index in [-0.39, 0.29) is 18.9 Å². The van der Waals surface area contributed by atoms with Gasteiger partial charge in [0.1, 0.15) is 5.60 Å². The van der Waals surface area contributed by atoms with E-state index in [2.05, 4.69) is 0 Å². The van der Waals surface area contributed by atoms with Gasteiger partial charge in [0.05, 0.1) is 6.42 Å². The van der Waals surface area contributed by atoms with Crippen LogP contribution in [-0.2, 0) is 19.8 Å². The minimum Gasteiger partial charge on any atom is -0.460 e. The maximum Gasteiger partial charge on any atom is 0.336 e. The molecular weight excluding hydrogens is 318 g/mol. The van der Waals surface area contributed by atoms with Crippen molar-refractivity contribution in [3.8, 4) is 0 Å². The van der Waals surface area contributed by atoms with Crippen LogP contribution < -0.4 is 0 Å². The minimum atomic E-state index is -4.36. The number of hydrogen-bond acceptors (Lipinski definition) is 4. The van der Waals surface area contributed by atoms with E-state index in [1.165, 1.54) is 0 Å². The Labute approximate surface area is 137 Å². The summed E-state index contributed by atoms with van der Waals surface area (Å²) in [5, 5.41) is 0. The van der Waals surface area contributed by atoms with E-state index in [0.717, 1.165) is 9.87 Å². The van der Waals surface area contributed by atoms with Crippen LogP contribution in [0.4, 0.5) is 0 Å². The normalized spacial score (nSPS) is 23.0. The van der Waals surface area contributed by atoms with Gasteiger partial charge < -0.3 is 4.74 Å². The summed E-state index contributed by atoms with van der Waals surface area (Å²) in [5.74, 6) is -0.621. The van der Waals surface area contributed by atoms with E-state index in [1.807, 2.05) is 30.3 Å². The van der Waals surface area contributed by atoms with Crippen molar-refractivity contribution in [3.05, 3.63) is 35.9 Å². The fourth-order valence-electron chi connectivity index (χ4n) is 3.00. The Morgan fingerprint density at radius 2 is 1.91 bits per heavy atom. The first-order valence-corrected chi connectivity index (χ1v) is 8.98. The molecule has 2 rings (SSSR count). The van der Waals surface area contributed by atoms with Gasteiger partial charge in [-0.25, -0.2) is 0 Å². The number of carbonyl (C=O) groups excluding carboxylic acids is 1. The van der Waals surface area contributed by atoms with Crippen LogP contribution in [0, 0.1) is 0 Å². The number of esters is 1. The molecule has 0 amide bonds. The molecule has 0 saturated carbocycles. The van der Waals surface area contributed by atoms with Crippen LogP contribution in [0.25, 0.3) is 0 Å². The molecule has 0 aliphatic carbocycles. The highest BCUT2D eigenvalue weighted by Crippen LogP contribution is 2.37. The fourth-order valence-corrected chi connectivity index (χ4v) is 3.90. The predicted octanol–water partition coefficient (Wildman–Crippen LogP) is 2.38. The molecule has 0 bridgehead atoms. The molecule has 7 heteroatoms. The van der Waals surface area contributed by atoms with Gasteiger partial charge in [-0.1, -0.05) is 30.3 Å². The summed E-state index contributed by atoms with van der Waals surface area (Å²) in [5.41, 5.74) is 0.313. The topological polar surface area (TPSA) is 83.9 Å². The van der Waals surface area contributed by atoms with Crippen molar-refractivity contribution in [3.63, 3.8) is 0 Å². The molecule has 1 saturated heterocycles. The maximum atomic E-state index is 12.1. The number of hydrogen-bond donors (Lipinski definition) is 1. The lowest BCUT2D eigenvalue weighted by atomic mass is 9.90. The van der Waals surface area contributed by atoms with E-state index in [9.17, 15) is 17.8 Å². The van der Waals surface area contributed by atoms with Gasteiger partial charge in [-0.15, -0.1) is 0 Å². The number of benzene rings is 1. The lowest BCUT2D eigenvalue weighted by Gasteiger charge is -2.27. The summed E-state index contributed by atoms with van der Waals surface area (Å²) in [6, 6.07) is 8.79. The Kier molecular flexibility index (Phi) is 5.13. The average Bonchev–Trinajstić information content (AvgIpc) is 2.81. The Bertz CT molecular complexity index is 651. The summed E-state index contributed by atoms with van der Waals surface area (Å²) in [7, 11) is -4.36. The fraction of sp³-hybridized carbons (Fsp3) is 0.562. The Morgan fingerprint density at radius 3 is 2.43 bits per heavy atom. The highest BCUT2D eigenvalue weighted by atomic mass is 32.2. The Balaban J connectivity index is 2.25. The van der Waals surface area contributed by atoms with Crippen molar-refractivity contribution >= 4 is 16.3 Å². The van der Waals surface area contributed by atoms with E-state index in [0.29, 0.717) is 6.42 Å². The molecule has 1 fully saturated rings. The molecule has 1 aliphatic rings. The van der Waals surface area contributed by atoms with E-state index >= 15 is 0 Å². The zero-order chi connectivity index (χ0) is 17.3. The van der Waals surface area contributed by atoms with Crippen molar-refractivity contribution in [1.29, 1.82) is 0 Å². The monoisotopic (exact) mass is 341 g/mol. The first-order chi connectivity index (χ1) is 10.6. The average molecular weight is 341 g/mol. The van der Waals surface area contributed by atoms with Gasteiger partial charge >= 0.3 is 16.3 Å². The Morgan fingerprint density at radius 1 is 1.30 bits per heavy atom. The second kappa shape index (κ2) is 6.59. The Hall–Kier alpha value is -1.44. The molecule has 1 aromatic carbocycles. The summed E-state index contributed by atoms with van der Waals surface area (Å²) < 4.78 is 39.0. The molecule has 0 spiro atoms. The molecule has 1 N–H and O–H groups in total. The first-order valence-electron chi connectivity index (χ1n) is 7.59. The van der Waals surface area contributed by atoms with Crippen LogP contribution in [0.1, 0.15) is 45.1 Å². The third kappa shape index (κ3) is 4.76. The van der Waals surface area contributed by atoms with Crippen molar-refractivity contribution in [2.24, 2.45) is 0 Å². The van der Waals surface area contributed by atoms with Crippen molar-refractivity contribution in [2.75, 3.05) is 6.54 Å². The number of nitrogens with zero attached hydrogens (tertiary/aromatic N) is 1. The van der Waals surface area contributed by atoms with Gasteiger partial charge in [0, 0.05) is 18.5 Å². The molecule has 0 radical (unpaired) electrons. The molecule has 1 aromatic rings. The zero-order valence-electron chi connectivity index (χ0n) is 13.6. The highest BCUT2D eigenvalue weighted by Gasteiger charge is 2.42. The number of carbonyl (C=O) groups is 1. The van der Waals surface area contributed by atoms with Gasteiger partial charge in [0.2, 0.25) is 0 Å². The second-order valence-corrected chi connectivity index (χ2v) is 8.12. The standard InChI is InChI=1S/C16H23NO5S/c1-16(2,3)22-15(18)11-14-13(12-7-5-4-6-8-12)9-10-17(14)23(19,20)21/h4-8,13-14H,9-11H2,1-3H3,(H,19,20,21)/t13-,14+/m0/s1. The third-order valence-electron chi connectivity index (χ3n) is 3.81. The lowest BCUT2D eigenvalue weighted by molar-refractivity contribution is -0.155. The largest absolute Gasteiger partial charge is 0.460 e. The van der Waals surface area contributed by atoms with Crippen LogP contribution >= 0.6 is 0 Å². The summed E-state index contributed by atoms with van der Waals surface area (Å²) in [4.78, 5) is 12.1. The molecule has 1 aliphatic heterocycles. The molecular formula is C16H23NO5S. The van der Waals surface area contributed by atoms with Crippen LogP contribution in [0.3, 0.4) is 0 Å². The highest BCUT2D eigenvalue weighted by molar-refractivity contribution is 7.83. The van der Waals surface area contributed by atoms with Crippen LogP contribution in [0.15, 0.2) is 30.3 Å².